The van der Waals surface area contributed by atoms with Crippen LogP contribution in [0.5, 0.6) is 5.75 Å². The molecule has 1 spiro atoms. The fourth-order valence-corrected chi connectivity index (χ4v) is 7.09. The van der Waals surface area contributed by atoms with Crippen LogP contribution in [-0.2, 0) is 32.1 Å². The molecule has 5 rings (SSSR count). The van der Waals surface area contributed by atoms with E-state index in [2.05, 4.69) is 38.1 Å². The van der Waals surface area contributed by atoms with Crippen molar-refractivity contribution in [3.63, 3.8) is 0 Å². The number of ketones is 2. The largest absolute Gasteiger partial charge is 0.489 e. The van der Waals surface area contributed by atoms with Crippen molar-refractivity contribution in [3.05, 3.63) is 65.2 Å². The van der Waals surface area contributed by atoms with Crippen molar-refractivity contribution in [2.45, 2.75) is 84.2 Å². The molecule has 4 atom stereocenters. The smallest absolute Gasteiger partial charge is 0.190 e. The van der Waals surface area contributed by atoms with Crippen molar-refractivity contribution in [3.8, 4) is 5.75 Å². The van der Waals surface area contributed by atoms with Gasteiger partial charge in [-0.05, 0) is 87.1 Å². The van der Waals surface area contributed by atoms with Crippen molar-refractivity contribution in [1.82, 2.24) is 0 Å². The van der Waals surface area contributed by atoms with Crippen molar-refractivity contribution in [2.75, 3.05) is 6.61 Å². The van der Waals surface area contributed by atoms with Crippen LogP contribution in [0, 0.1) is 24.2 Å². The molecule has 2 aromatic carbocycles. The molecule has 5 nitrogen and oxygen atoms in total. The number of hydrogen-bond donors (Lipinski definition) is 0. The highest BCUT2D eigenvalue weighted by Gasteiger charge is 2.68. The van der Waals surface area contributed by atoms with E-state index in [9.17, 15) is 9.59 Å². The fourth-order valence-electron chi connectivity index (χ4n) is 7.09. The molecular weight excluding hydrogens is 452 g/mol. The molecule has 1 saturated heterocycles. The van der Waals surface area contributed by atoms with Crippen LogP contribution in [0.2, 0.25) is 0 Å². The van der Waals surface area contributed by atoms with E-state index in [1.54, 1.807) is 0 Å². The molecule has 0 amide bonds. The predicted molar refractivity (Wildman–Crippen MR) is 138 cm³/mol. The van der Waals surface area contributed by atoms with Crippen LogP contribution in [0.3, 0.4) is 0 Å². The highest BCUT2D eigenvalue weighted by molar-refractivity contribution is 5.92. The van der Waals surface area contributed by atoms with E-state index in [-0.39, 0.29) is 30.0 Å². The zero-order valence-corrected chi connectivity index (χ0v) is 22.0. The normalized spacial score (nSPS) is 31.4. The molecule has 2 aromatic rings. The minimum Gasteiger partial charge on any atom is -0.489 e. The number of carbonyl (C=O) groups is 2. The lowest BCUT2D eigenvalue weighted by Crippen LogP contribution is -2.63. The van der Waals surface area contributed by atoms with Crippen LogP contribution in [-0.4, -0.2) is 29.6 Å². The Hall–Kier alpha value is -2.50. The van der Waals surface area contributed by atoms with E-state index in [0.29, 0.717) is 25.9 Å². The summed E-state index contributed by atoms with van der Waals surface area (Å²) in [7, 11) is 0. The minimum atomic E-state index is -0.922. The third-order valence-corrected chi connectivity index (χ3v) is 8.95. The second kappa shape index (κ2) is 9.42. The fraction of sp³-hybridized carbons (Fsp3) is 0.548. The summed E-state index contributed by atoms with van der Waals surface area (Å²) in [5.74, 6) is 0.820. The Balaban J connectivity index is 1.31. The standard InChI is InChI=1S/C31H38O5/c1-21-10-13-26(34-19-22-8-6-5-7-9-22)17-23(21)11-12-24-16-25(32)18-30(4)27(24)14-15-31(30)28(33)20-35-29(2,3)36-31/h5-10,13,17,24,27H,11-12,14-16,18-20H2,1-4H3. The third-order valence-electron chi connectivity index (χ3n) is 8.95. The van der Waals surface area contributed by atoms with Crippen molar-refractivity contribution in [1.29, 1.82) is 0 Å². The van der Waals surface area contributed by atoms with Gasteiger partial charge in [-0.25, -0.2) is 0 Å². The Labute approximate surface area is 214 Å². The summed E-state index contributed by atoms with van der Waals surface area (Å²) in [4.78, 5) is 26.3. The van der Waals surface area contributed by atoms with Crippen LogP contribution in [0.1, 0.15) is 69.6 Å². The summed E-state index contributed by atoms with van der Waals surface area (Å²) in [5.41, 5.74) is 2.23. The van der Waals surface area contributed by atoms with Crippen molar-refractivity contribution in [2.24, 2.45) is 17.3 Å². The molecule has 0 aromatic heterocycles. The molecule has 0 N–H and O–H groups in total. The van der Waals surface area contributed by atoms with E-state index >= 15 is 0 Å². The number of rotatable bonds is 6. The predicted octanol–water partition coefficient (Wildman–Crippen LogP) is 5.99. The molecule has 36 heavy (non-hydrogen) atoms. The first-order valence-electron chi connectivity index (χ1n) is 13.3. The molecule has 2 saturated carbocycles. The van der Waals surface area contributed by atoms with Crippen LogP contribution < -0.4 is 4.74 Å². The number of benzene rings is 2. The second-order valence-corrected chi connectivity index (χ2v) is 11.7. The monoisotopic (exact) mass is 490 g/mol. The molecule has 0 radical (unpaired) electrons. The first kappa shape index (κ1) is 25.2. The molecule has 1 aliphatic heterocycles. The average molecular weight is 491 g/mol. The summed E-state index contributed by atoms with van der Waals surface area (Å²) < 4.78 is 18.1. The molecule has 1 heterocycles. The molecule has 0 bridgehead atoms. The quantitative estimate of drug-likeness (QED) is 0.498. The molecule has 4 unspecified atom stereocenters. The summed E-state index contributed by atoms with van der Waals surface area (Å²) >= 11 is 0. The van der Waals surface area contributed by atoms with Gasteiger partial charge in [-0.3, -0.25) is 9.59 Å². The summed E-state index contributed by atoms with van der Waals surface area (Å²) in [6.45, 7) is 8.59. The Kier molecular flexibility index (Phi) is 6.59. The van der Waals surface area contributed by atoms with E-state index in [4.69, 9.17) is 14.2 Å². The van der Waals surface area contributed by atoms with E-state index in [1.165, 1.54) is 11.1 Å². The van der Waals surface area contributed by atoms with Crippen molar-refractivity contribution >= 4 is 11.6 Å². The highest BCUT2D eigenvalue weighted by Crippen LogP contribution is 2.62. The summed E-state index contributed by atoms with van der Waals surface area (Å²) in [5, 5.41) is 0. The summed E-state index contributed by atoms with van der Waals surface area (Å²) in [6, 6.07) is 16.5. The molecule has 5 heteroatoms. The number of carbonyl (C=O) groups excluding carboxylic acids is 2. The highest BCUT2D eigenvalue weighted by atomic mass is 16.7. The third kappa shape index (κ3) is 4.52. The number of fused-ring (bicyclic) bond motifs is 2. The van der Waals surface area contributed by atoms with Crippen LogP contribution in [0.15, 0.2) is 48.5 Å². The van der Waals surface area contributed by atoms with Crippen LogP contribution in [0.25, 0.3) is 0 Å². The molecular formula is C31H38O5. The zero-order valence-electron chi connectivity index (χ0n) is 22.0. The van der Waals surface area contributed by atoms with Gasteiger partial charge in [-0.2, -0.15) is 0 Å². The van der Waals surface area contributed by atoms with Crippen LogP contribution in [0.4, 0.5) is 0 Å². The number of hydrogen-bond acceptors (Lipinski definition) is 5. The topological polar surface area (TPSA) is 61.8 Å². The van der Waals surface area contributed by atoms with Gasteiger partial charge in [-0.15, -0.1) is 0 Å². The SMILES string of the molecule is Cc1ccc(OCc2ccccc2)cc1CCC1CC(=O)CC2(C)C1CCC21OC(C)(C)OCC1=O. The van der Waals surface area contributed by atoms with E-state index < -0.39 is 16.8 Å². The Morgan fingerprint density at radius 3 is 2.61 bits per heavy atom. The maximum absolute atomic E-state index is 13.2. The van der Waals surface area contributed by atoms with Crippen LogP contribution >= 0.6 is 0 Å². The van der Waals surface area contributed by atoms with E-state index in [1.807, 2.05) is 38.1 Å². The van der Waals surface area contributed by atoms with Gasteiger partial charge in [0.1, 0.15) is 30.3 Å². The van der Waals surface area contributed by atoms with Gasteiger partial charge in [0.2, 0.25) is 0 Å². The maximum Gasteiger partial charge on any atom is 0.190 e. The average Bonchev–Trinajstić information content (AvgIpc) is 3.12. The first-order valence-corrected chi connectivity index (χ1v) is 13.3. The number of Topliss-reactive ketones (excluding diaryl/α,β-unsaturated/α-hetero) is 2. The van der Waals surface area contributed by atoms with Gasteiger partial charge in [0.25, 0.3) is 0 Å². The van der Waals surface area contributed by atoms with Gasteiger partial charge < -0.3 is 14.2 Å². The zero-order chi connectivity index (χ0) is 25.6. The van der Waals surface area contributed by atoms with Crippen molar-refractivity contribution < 1.29 is 23.8 Å². The first-order chi connectivity index (χ1) is 17.1. The lowest BCUT2D eigenvalue weighted by atomic mass is 9.57. The van der Waals surface area contributed by atoms with Gasteiger partial charge >= 0.3 is 0 Å². The maximum atomic E-state index is 13.2. The number of aryl methyl sites for hydroxylation is 2. The van der Waals surface area contributed by atoms with Gasteiger partial charge in [-0.1, -0.05) is 43.3 Å². The van der Waals surface area contributed by atoms with Gasteiger partial charge in [0.05, 0.1) is 0 Å². The lowest BCUT2D eigenvalue weighted by molar-refractivity contribution is -0.310. The van der Waals surface area contributed by atoms with E-state index in [0.717, 1.165) is 30.6 Å². The molecule has 3 aliphatic rings. The van der Waals surface area contributed by atoms with Gasteiger partial charge in [0, 0.05) is 18.3 Å². The Morgan fingerprint density at radius 1 is 1.06 bits per heavy atom. The molecule has 192 valence electrons. The second-order valence-electron chi connectivity index (χ2n) is 11.7. The minimum absolute atomic E-state index is 0.000569. The summed E-state index contributed by atoms with van der Waals surface area (Å²) in [6.07, 6.45) is 4.39. The molecule has 3 fully saturated rings. The van der Waals surface area contributed by atoms with Gasteiger partial charge in [0.15, 0.2) is 11.6 Å². The molecule has 2 aliphatic carbocycles. The Bertz CT molecular complexity index is 1140. The lowest BCUT2D eigenvalue weighted by Gasteiger charge is -2.53. The number of ether oxygens (including phenoxy) is 3. The Morgan fingerprint density at radius 2 is 1.83 bits per heavy atom.